The molecule has 1 saturated heterocycles. The lowest BCUT2D eigenvalue weighted by Crippen LogP contribution is -2.46. The van der Waals surface area contributed by atoms with Crippen LogP contribution in [-0.2, 0) is 11.2 Å². The number of aryl methyl sites for hydroxylation is 1. The molecular formula is C14H22N2O. The first-order chi connectivity index (χ1) is 8.26. The van der Waals surface area contributed by atoms with Gasteiger partial charge in [0.05, 0.1) is 18.8 Å². The molecule has 1 fully saturated rings. The standard InChI is InChI=1S/C14H22N2O/c1-3-11-4-6-12(7-5-11)14-13(10-15)17-9-8-16(14)2/h4-7,13-14H,3,8-10,15H2,1-2H3. The van der Waals surface area contributed by atoms with Crippen LogP contribution in [0.3, 0.4) is 0 Å². The summed E-state index contributed by atoms with van der Waals surface area (Å²) in [5.41, 5.74) is 8.48. The molecule has 0 bridgehead atoms. The van der Waals surface area contributed by atoms with Crippen molar-refractivity contribution in [2.75, 3.05) is 26.7 Å². The van der Waals surface area contributed by atoms with E-state index < -0.39 is 0 Å². The minimum atomic E-state index is 0.112. The highest BCUT2D eigenvalue weighted by molar-refractivity contribution is 5.26. The van der Waals surface area contributed by atoms with E-state index in [1.165, 1.54) is 11.1 Å². The SMILES string of the molecule is CCc1ccc(C2C(CN)OCCN2C)cc1. The first kappa shape index (κ1) is 12.6. The van der Waals surface area contributed by atoms with Crippen LogP contribution < -0.4 is 5.73 Å². The van der Waals surface area contributed by atoms with E-state index in [0.717, 1.165) is 19.6 Å². The van der Waals surface area contributed by atoms with E-state index >= 15 is 0 Å². The summed E-state index contributed by atoms with van der Waals surface area (Å²) in [4.78, 5) is 2.34. The summed E-state index contributed by atoms with van der Waals surface area (Å²) in [6.45, 7) is 4.50. The molecule has 0 amide bonds. The van der Waals surface area contributed by atoms with Gasteiger partial charge in [0.15, 0.2) is 0 Å². The number of likely N-dealkylation sites (N-methyl/N-ethyl adjacent to an activating group) is 1. The molecule has 2 N–H and O–H groups in total. The Morgan fingerprint density at radius 3 is 2.65 bits per heavy atom. The molecule has 1 aromatic carbocycles. The Balaban J connectivity index is 2.21. The third kappa shape index (κ3) is 2.68. The Morgan fingerprint density at radius 1 is 1.35 bits per heavy atom. The van der Waals surface area contributed by atoms with E-state index in [4.69, 9.17) is 10.5 Å². The highest BCUT2D eigenvalue weighted by atomic mass is 16.5. The van der Waals surface area contributed by atoms with E-state index in [1.807, 2.05) is 0 Å². The van der Waals surface area contributed by atoms with Crippen LogP contribution >= 0.6 is 0 Å². The fourth-order valence-corrected chi connectivity index (χ4v) is 2.48. The number of hydrogen-bond donors (Lipinski definition) is 1. The van der Waals surface area contributed by atoms with Crippen molar-refractivity contribution in [1.29, 1.82) is 0 Å². The van der Waals surface area contributed by atoms with Crippen molar-refractivity contribution in [3.05, 3.63) is 35.4 Å². The van der Waals surface area contributed by atoms with Crippen molar-refractivity contribution in [2.45, 2.75) is 25.5 Å². The molecule has 0 aliphatic carbocycles. The van der Waals surface area contributed by atoms with Gasteiger partial charge in [-0.3, -0.25) is 4.90 Å². The molecule has 1 heterocycles. The van der Waals surface area contributed by atoms with E-state index in [0.29, 0.717) is 12.6 Å². The highest BCUT2D eigenvalue weighted by Gasteiger charge is 2.30. The van der Waals surface area contributed by atoms with E-state index in [2.05, 4.69) is 43.1 Å². The molecule has 0 saturated carbocycles. The molecular weight excluding hydrogens is 212 g/mol. The maximum Gasteiger partial charge on any atom is 0.0894 e. The summed E-state index contributed by atoms with van der Waals surface area (Å²) < 4.78 is 5.75. The van der Waals surface area contributed by atoms with Crippen LogP contribution in [0.4, 0.5) is 0 Å². The molecule has 0 aromatic heterocycles. The van der Waals surface area contributed by atoms with Crippen LogP contribution in [0.25, 0.3) is 0 Å². The van der Waals surface area contributed by atoms with Gasteiger partial charge in [-0.25, -0.2) is 0 Å². The Morgan fingerprint density at radius 2 is 2.06 bits per heavy atom. The predicted octanol–water partition coefficient (Wildman–Crippen LogP) is 1.58. The molecule has 2 rings (SSSR count). The minimum Gasteiger partial charge on any atom is -0.374 e. The van der Waals surface area contributed by atoms with Gasteiger partial charge in [0.25, 0.3) is 0 Å². The van der Waals surface area contributed by atoms with Gasteiger partial charge in [0.2, 0.25) is 0 Å². The van der Waals surface area contributed by atoms with Crippen molar-refractivity contribution >= 4 is 0 Å². The first-order valence-electron chi connectivity index (χ1n) is 6.37. The molecule has 0 radical (unpaired) electrons. The fourth-order valence-electron chi connectivity index (χ4n) is 2.48. The van der Waals surface area contributed by atoms with Crippen molar-refractivity contribution in [2.24, 2.45) is 5.73 Å². The van der Waals surface area contributed by atoms with Gasteiger partial charge in [-0.15, -0.1) is 0 Å². The predicted molar refractivity (Wildman–Crippen MR) is 70.0 cm³/mol. The zero-order valence-electron chi connectivity index (χ0n) is 10.7. The van der Waals surface area contributed by atoms with Crippen LogP contribution in [0, 0.1) is 0 Å². The highest BCUT2D eigenvalue weighted by Crippen LogP contribution is 2.28. The number of hydrogen-bond acceptors (Lipinski definition) is 3. The zero-order valence-corrected chi connectivity index (χ0v) is 10.7. The smallest absolute Gasteiger partial charge is 0.0894 e. The van der Waals surface area contributed by atoms with Crippen molar-refractivity contribution < 1.29 is 4.74 Å². The zero-order chi connectivity index (χ0) is 12.3. The molecule has 94 valence electrons. The van der Waals surface area contributed by atoms with Crippen molar-refractivity contribution in [3.8, 4) is 0 Å². The average molecular weight is 234 g/mol. The molecule has 2 atom stereocenters. The Hall–Kier alpha value is -0.900. The quantitative estimate of drug-likeness (QED) is 0.863. The van der Waals surface area contributed by atoms with Crippen molar-refractivity contribution in [1.82, 2.24) is 4.90 Å². The monoisotopic (exact) mass is 234 g/mol. The number of morpholine rings is 1. The third-order valence-electron chi connectivity index (χ3n) is 3.56. The Kier molecular flexibility index (Phi) is 4.15. The van der Waals surface area contributed by atoms with Crippen LogP contribution in [-0.4, -0.2) is 37.7 Å². The number of rotatable bonds is 3. The maximum absolute atomic E-state index is 5.80. The topological polar surface area (TPSA) is 38.5 Å². The van der Waals surface area contributed by atoms with Crippen LogP contribution in [0.2, 0.25) is 0 Å². The largest absolute Gasteiger partial charge is 0.374 e. The van der Waals surface area contributed by atoms with Crippen LogP contribution in [0.1, 0.15) is 24.1 Å². The van der Waals surface area contributed by atoms with E-state index in [1.54, 1.807) is 0 Å². The molecule has 1 aromatic rings. The van der Waals surface area contributed by atoms with Crippen molar-refractivity contribution in [3.63, 3.8) is 0 Å². The third-order valence-corrected chi connectivity index (χ3v) is 3.56. The van der Waals surface area contributed by atoms with E-state index in [9.17, 15) is 0 Å². The molecule has 3 heteroatoms. The van der Waals surface area contributed by atoms with Gasteiger partial charge in [-0.05, 0) is 24.6 Å². The van der Waals surface area contributed by atoms with E-state index in [-0.39, 0.29) is 6.10 Å². The lowest BCUT2D eigenvalue weighted by Gasteiger charge is -2.39. The fraction of sp³-hybridized carbons (Fsp3) is 0.571. The Bertz CT molecular complexity index is 350. The van der Waals surface area contributed by atoms with Gasteiger partial charge in [-0.2, -0.15) is 0 Å². The average Bonchev–Trinajstić information content (AvgIpc) is 2.38. The lowest BCUT2D eigenvalue weighted by atomic mass is 9.97. The van der Waals surface area contributed by atoms with Gasteiger partial charge in [-0.1, -0.05) is 31.2 Å². The van der Waals surface area contributed by atoms with Gasteiger partial charge in [0.1, 0.15) is 0 Å². The van der Waals surface area contributed by atoms with Gasteiger partial charge in [0, 0.05) is 13.1 Å². The van der Waals surface area contributed by atoms with Gasteiger partial charge < -0.3 is 10.5 Å². The van der Waals surface area contributed by atoms with Gasteiger partial charge >= 0.3 is 0 Å². The Labute approximate surface area is 104 Å². The molecule has 1 aliphatic heterocycles. The van der Waals surface area contributed by atoms with Crippen LogP contribution in [0.15, 0.2) is 24.3 Å². The normalized spacial score (nSPS) is 26.1. The number of nitrogens with two attached hydrogens (primary N) is 1. The summed E-state index contributed by atoms with van der Waals surface area (Å²) in [5.74, 6) is 0. The lowest BCUT2D eigenvalue weighted by molar-refractivity contribution is -0.0576. The second-order valence-corrected chi connectivity index (χ2v) is 4.67. The maximum atomic E-state index is 5.80. The molecule has 3 nitrogen and oxygen atoms in total. The minimum absolute atomic E-state index is 0.112. The molecule has 1 aliphatic rings. The summed E-state index contributed by atoms with van der Waals surface area (Å²) >= 11 is 0. The second-order valence-electron chi connectivity index (χ2n) is 4.67. The first-order valence-corrected chi connectivity index (χ1v) is 6.37. The summed E-state index contributed by atoms with van der Waals surface area (Å²) in [7, 11) is 2.14. The molecule has 2 unspecified atom stereocenters. The number of benzene rings is 1. The molecule has 0 spiro atoms. The second kappa shape index (κ2) is 5.63. The number of ether oxygens (including phenoxy) is 1. The van der Waals surface area contributed by atoms with Crippen LogP contribution in [0.5, 0.6) is 0 Å². The molecule has 17 heavy (non-hydrogen) atoms. The number of nitrogens with zero attached hydrogens (tertiary/aromatic N) is 1. The summed E-state index contributed by atoms with van der Waals surface area (Å²) in [5, 5.41) is 0. The summed E-state index contributed by atoms with van der Waals surface area (Å²) in [6.07, 6.45) is 1.19. The summed E-state index contributed by atoms with van der Waals surface area (Å²) in [6, 6.07) is 9.10.